The highest BCUT2D eigenvalue weighted by molar-refractivity contribution is 7.98. The Balaban J connectivity index is 1.42. The maximum atomic E-state index is 12.6. The van der Waals surface area contributed by atoms with Crippen LogP contribution in [0.4, 0.5) is 0 Å². The van der Waals surface area contributed by atoms with E-state index >= 15 is 0 Å². The Kier molecular flexibility index (Phi) is 5.99. The molecule has 154 valence electrons. The topological polar surface area (TPSA) is 72.2 Å². The van der Waals surface area contributed by atoms with Crippen LogP contribution in [0.15, 0.2) is 53.0 Å². The molecule has 0 saturated carbocycles. The summed E-state index contributed by atoms with van der Waals surface area (Å²) in [6.07, 6.45) is 4.70. The maximum Gasteiger partial charge on any atom is 0.271 e. The van der Waals surface area contributed by atoms with Gasteiger partial charge >= 0.3 is 0 Å². The van der Waals surface area contributed by atoms with E-state index in [0.29, 0.717) is 5.56 Å². The zero-order valence-corrected chi connectivity index (χ0v) is 18.3. The van der Waals surface area contributed by atoms with E-state index in [4.69, 9.17) is 0 Å². The highest BCUT2D eigenvalue weighted by atomic mass is 32.2. The van der Waals surface area contributed by atoms with Gasteiger partial charge in [-0.25, -0.2) is 5.43 Å². The summed E-state index contributed by atoms with van der Waals surface area (Å²) in [5.41, 5.74) is 10.5. The lowest BCUT2D eigenvalue weighted by molar-refractivity contribution is 0.0954. The van der Waals surface area contributed by atoms with Gasteiger partial charge in [0.05, 0.1) is 5.71 Å². The minimum Gasteiger partial charge on any atom is -0.312 e. The smallest absolute Gasteiger partial charge is 0.271 e. The third-order valence-corrected chi connectivity index (χ3v) is 6.42. The van der Waals surface area contributed by atoms with Crippen LogP contribution >= 0.6 is 11.8 Å². The van der Waals surface area contributed by atoms with Crippen LogP contribution in [0.1, 0.15) is 51.0 Å². The van der Waals surface area contributed by atoms with Crippen molar-refractivity contribution in [3.63, 3.8) is 0 Å². The number of nitrogens with zero attached hydrogens (tertiary/aromatic N) is 4. The molecule has 0 saturated heterocycles. The molecule has 30 heavy (non-hydrogen) atoms. The Morgan fingerprint density at radius 1 is 1.20 bits per heavy atom. The summed E-state index contributed by atoms with van der Waals surface area (Å²) < 4.78 is 1.89. The number of amides is 1. The first-order valence-corrected chi connectivity index (χ1v) is 11.0. The number of hydrazone groups is 1. The zero-order chi connectivity index (χ0) is 21.1. The molecule has 3 aromatic rings. The number of hydrogen-bond donors (Lipinski definition) is 1. The molecule has 6 nitrogen and oxygen atoms in total. The van der Waals surface area contributed by atoms with Crippen LogP contribution in [0.3, 0.4) is 0 Å². The van der Waals surface area contributed by atoms with Crippen LogP contribution in [-0.4, -0.2) is 26.4 Å². The van der Waals surface area contributed by atoms with E-state index in [1.54, 1.807) is 18.1 Å². The summed E-state index contributed by atoms with van der Waals surface area (Å²) >= 11 is 1.61. The van der Waals surface area contributed by atoms with E-state index in [-0.39, 0.29) is 5.91 Å². The summed E-state index contributed by atoms with van der Waals surface area (Å²) in [4.78, 5) is 12.6. The van der Waals surface area contributed by atoms with E-state index in [9.17, 15) is 4.79 Å². The summed E-state index contributed by atoms with van der Waals surface area (Å²) in [5, 5.41) is 13.3. The second kappa shape index (κ2) is 8.83. The van der Waals surface area contributed by atoms with E-state index in [1.807, 2.05) is 35.9 Å². The molecule has 0 bridgehead atoms. The Labute approximate surface area is 180 Å². The van der Waals surface area contributed by atoms with Gasteiger partial charge in [0.1, 0.15) is 6.33 Å². The van der Waals surface area contributed by atoms with Crippen LogP contribution in [0.25, 0.3) is 0 Å². The van der Waals surface area contributed by atoms with E-state index in [0.717, 1.165) is 41.4 Å². The molecule has 0 aliphatic heterocycles. The number of hydrogen-bond acceptors (Lipinski definition) is 5. The van der Waals surface area contributed by atoms with Crippen LogP contribution < -0.4 is 5.43 Å². The minimum absolute atomic E-state index is 0.188. The van der Waals surface area contributed by atoms with Crippen LogP contribution in [0, 0.1) is 13.8 Å². The highest BCUT2D eigenvalue weighted by Crippen LogP contribution is 2.26. The van der Waals surface area contributed by atoms with Gasteiger partial charge in [0, 0.05) is 23.9 Å². The van der Waals surface area contributed by atoms with Gasteiger partial charge in [-0.05, 0) is 68.0 Å². The van der Waals surface area contributed by atoms with Gasteiger partial charge in [0.15, 0.2) is 5.16 Å². The van der Waals surface area contributed by atoms with Gasteiger partial charge in [-0.15, -0.1) is 10.2 Å². The number of carbonyl (C=O) groups excluding carboxylic acids is 1. The fraction of sp³-hybridized carbons (Fsp3) is 0.304. The SMILES string of the molecule is Cc1cc(C)c2c(c1)/C(=N/NC(=O)c1ccc(CSc3nncn3C)cc1)CCC2. The van der Waals surface area contributed by atoms with Gasteiger partial charge < -0.3 is 4.57 Å². The Morgan fingerprint density at radius 3 is 2.73 bits per heavy atom. The molecule has 1 N–H and O–H groups in total. The first-order valence-electron chi connectivity index (χ1n) is 10.0. The summed E-state index contributed by atoms with van der Waals surface area (Å²) in [7, 11) is 1.92. The molecular formula is C23H25N5OS. The molecule has 7 heteroatoms. The Morgan fingerprint density at radius 2 is 2.00 bits per heavy atom. The minimum atomic E-state index is -0.188. The highest BCUT2D eigenvalue weighted by Gasteiger charge is 2.18. The van der Waals surface area contributed by atoms with Crippen molar-refractivity contribution < 1.29 is 4.79 Å². The van der Waals surface area contributed by atoms with Crippen molar-refractivity contribution in [1.29, 1.82) is 0 Å². The molecule has 1 heterocycles. The number of carbonyl (C=O) groups is 1. The third-order valence-electron chi connectivity index (χ3n) is 5.31. The molecule has 0 spiro atoms. The Hall–Kier alpha value is -2.93. The molecule has 0 atom stereocenters. The monoisotopic (exact) mass is 419 g/mol. The number of nitrogens with one attached hydrogen (secondary N) is 1. The third kappa shape index (κ3) is 4.46. The largest absolute Gasteiger partial charge is 0.312 e. The first kappa shape index (κ1) is 20.3. The molecule has 2 aromatic carbocycles. The van der Waals surface area contributed by atoms with Gasteiger partial charge in [-0.1, -0.05) is 35.5 Å². The van der Waals surface area contributed by atoms with Crippen molar-refractivity contribution in [2.45, 2.75) is 44.0 Å². The number of rotatable bonds is 5. The fourth-order valence-corrected chi connectivity index (χ4v) is 4.60. The lowest BCUT2D eigenvalue weighted by atomic mass is 9.86. The lowest BCUT2D eigenvalue weighted by Crippen LogP contribution is -2.22. The second-order valence-electron chi connectivity index (χ2n) is 7.67. The molecule has 1 aliphatic rings. The van der Waals surface area contributed by atoms with Crippen molar-refractivity contribution in [3.8, 4) is 0 Å². The lowest BCUT2D eigenvalue weighted by Gasteiger charge is -2.20. The number of fused-ring (bicyclic) bond motifs is 1. The summed E-state index contributed by atoms with van der Waals surface area (Å²) in [5.74, 6) is 0.582. The van der Waals surface area contributed by atoms with Crippen molar-refractivity contribution in [1.82, 2.24) is 20.2 Å². The van der Waals surface area contributed by atoms with E-state index in [1.165, 1.54) is 22.3 Å². The van der Waals surface area contributed by atoms with E-state index in [2.05, 4.69) is 46.7 Å². The summed E-state index contributed by atoms with van der Waals surface area (Å²) in [6, 6.07) is 12.0. The van der Waals surface area contributed by atoms with Crippen LogP contribution in [0.2, 0.25) is 0 Å². The molecule has 1 aliphatic carbocycles. The van der Waals surface area contributed by atoms with Crippen molar-refractivity contribution in [2.24, 2.45) is 12.1 Å². The Bertz CT molecular complexity index is 1100. The van der Waals surface area contributed by atoms with Gasteiger partial charge in [-0.2, -0.15) is 5.10 Å². The van der Waals surface area contributed by atoms with Crippen LogP contribution in [-0.2, 0) is 19.2 Å². The maximum absolute atomic E-state index is 12.6. The van der Waals surface area contributed by atoms with Crippen molar-refractivity contribution >= 4 is 23.4 Å². The first-order chi connectivity index (χ1) is 14.5. The van der Waals surface area contributed by atoms with E-state index < -0.39 is 0 Å². The quantitative estimate of drug-likeness (QED) is 0.497. The standard InChI is InChI=1S/C23H25N5OS/c1-15-11-16(2)19-5-4-6-21(20(19)12-15)25-26-22(29)18-9-7-17(8-10-18)13-30-23-27-24-14-28(23)3/h7-12,14H,4-6,13H2,1-3H3,(H,26,29)/b25-21+. The van der Waals surface area contributed by atoms with Crippen LogP contribution in [0.5, 0.6) is 0 Å². The normalized spacial score (nSPS) is 14.6. The molecule has 1 aromatic heterocycles. The predicted molar refractivity (Wildman–Crippen MR) is 120 cm³/mol. The predicted octanol–water partition coefficient (Wildman–Crippen LogP) is 4.19. The fourth-order valence-electron chi connectivity index (χ4n) is 3.76. The number of aromatic nitrogens is 3. The van der Waals surface area contributed by atoms with Crippen molar-refractivity contribution in [3.05, 3.63) is 76.1 Å². The number of benzene rings is 2. The van der Waals surface area contributed by atoms with Crippen molar-refractivity contribution in [2.75, 3.05) is 0 Å². The average molecular weight is 420 g/mol. The van der Waals surface area contributed by atoms with Gasteiger partial charge in [0.2, 0.25) is 0 Å². The molecule has 0 unspecified atom stereocenters. The molecule has 0 radical (unpaired) electrons. The summed E-state index contributed by atoms with van der Waals surface area (Å²) in [6.45, 7) is 4.25. The zero-order valence-electron chi connectivity index (χ0n) is 17.5. The molecule has 1 amide bonds. The van der Waals surface area contributed by atoms with Gasteiger partial charge in [-0.3, -0.25) is 4.79 Å². The average Bonchev–Trinajstić information content (AvgIpc) is 3.15. The molecule has 4 rings (SSSR count). The van der Waals surface area contributed by atoms with Gasteiger partial charge in [0.25, 0.3) is 5.91 Å². The molecule has 0 fully saturated rings. The number of thioether (sulfide) groups is 1. The molecular weight excluding hydrogens is 394 g/mol. The number of aryl methyl sites for hydroxylation is 3. The second-order valence-corrected chi connectivity index (χ2v) is 8.61.